The predicted molar refractivity (Wildman–Crippen MR) is 80.1 cm³/mol. The molecule has 2 fully saturated rings. The van der Waals surface area contributed by atoms with Crippen LogP contribution in [0, 0.1) is 5.92 Å². The number of nitrogens with one attached hydrogen (secondary N) is 1. The van der Waals surface area contributed by atoms with Gasteiger partial charge in [0.05, 0.1) is 31.2 Å². The third-order valence-electron chi connectivity index (χ3n) is 4.96. The lowest BCUT2D eigenvalue weighted by atomic mass is 9.96. The number of anilines is 1. The van der Waals surface area contributed by atoms with Gasteiger partial charge in [-0.15, -0.1) is 0 Å². The molecule has 3 rings (SSSR count). The Labute approximate surface area is 143 Å². The maximum Gasteiger partial charge on any atom is 0.292 e. The Balaban J connectivity index is 1.72. The molecule has 0 saturated carbocycles. The average molecular weight is 345 g/mol. The Morgan fingerprint density at radius 2 is 1.64 bits per heavy atom. The number of quaternary nitrogens is 1. The van der Waals surface area contributed by atoms with E-state index in [0.717, 1.165) is 9.80 Å². The number of hydrogen-bond donors (Lipinski definition) is 1. The van der Waals surface area contributed by atoms with Crippen molar-refractivity contribution >= 4 is 29.4 Å². The maximum absolute atomic E-state index is 12.7. The first kappa shape index (κ1) is 17.1. The quantitative estimate of drug-likeness (QED) is 0.571. The Kier molecular flexibility index (Phi) is 4.54. The Morgan fingerprint density at radius 1 is 1.04 bits per heavy atom. The lowest BCUT2D eigenvalue weighted by Gasteiger charge is -2.32. The Bertz CT molecular complexity index is 721. The van der Waals surface area contributed by atoms with E-state index in [1.807, 2.05) is 0 Å². The van der Waals surface area contributed by atoms with Gasteiger partial charge in [-0.2, -0.15) is 0 Å². The zero-order chi connectivity index (χ0) is 18.1. The Hall–Kier alpha value is -2.74. The molecule has 1 N–H and O–H groups in total. The van der Waals surface area contributed by atoms with Gasteiger partial charge in [0.15, 0.2) is 6.04 Å². The molecule has 8 heteroatoms. The third kappa shape index (κ3) is 3.25. The van der Waals surface area contributed by atoms with Crippen LogP contribution in [0.5, 0.6) is 0 Å². The average Bonchev–Trinajstić information content (AvgIpc) is 2.89. The second-order valence-electron chi connectivity index (χ2n) is 6.41. The van der Waals surface area contributed by atoms with Crippen molar-refractivity contribution in [3.8, 4) is 0 Å². The molecule has 2 heterocycles. The number of aliphatic carboxylic acids is 1. The topological polar surface area (TPSA) is 122 Å². The molecule has 1 aromatic carbocycles. The predicted octanol–water partition coefficient (Wildman–Crippen LogP) is -3.27. The van der Waals surface area contributed by atoms with Crippen molar-refractivity contribution in [1.29, 1.82) is 0 Å². The van der Waals surface area contributed by atoms with Crippen LogP contribution in [0.2, 0.25) is 0 Å². The molecule has 0 aromatic heterocycles. The van der Waals surface area contributed by atoms with Gasteiger partial charge in [-0.3, -0.25) is 9.59 Å². The monoisotopic (exact) mass is 345 g/mol. The smallest absolute Gasteiger partial charge is 0.292 e. The number of carboxylic acid groups (broad SMARTS) is 2. The third-order valence-corrected chi connectivity index (χ3v) is 4.96. The van der Waals surface area contributed by atoms with Crippen molar-refractivity contribution < 1.29 is 34.3 Å². The summed E-state index contributed by atoms with van der Waals surface area (Å²) in [5.41, 5.74) is 0.292. The molecule has 8 nitrogen and oxygen atoms in total. The SMILES string of the molecule is O=C([O-])c1ccc(N2C(=O)C[C@H]([NH+]3CCC(C(=O)[O-])CC3)C2=O)cc1. The van der Waals surface area contributed by atoms with E-state index in [9.17, 15) is 29.4 Å². The van der Waals surface area contributed by atoms with E-state index < -0.39 is 23.9 Å². The van der Waals surface area contributed by atoms with Crippen molar-refractivity contribution in [1.82, 2.24) is 0 Å². The summed E-state index contributed by atoms with van der Waals surface area (Å²) in [5.74, 6) is -3.57. The van der Waals surface area contributed by atoms with E-state index in [1.54, 1.807) is 0 Å². The molecule has 0 unspecified atom stereocenters. The summed E-state index contributed by atoms with van der Waals surface area (Å²) in [7, 11) is 0. The van der Waals surface area contributed by atoms with E-state index in [1.165, 1.54) is 24.3 Å². The lowest BCUT2D eigenvalue weighted by molar-refractivity contribution is -0.920. The lowest BCUT2D eigenvalue weighted by Crippen LogP contribution is -3.17. The van der Waals surface area contributed by atoms with Crippen molar-refractivity contribution in [2.75, 3.05) is 18.0 Å². The highest BCUT2D eigenvalue weighted by Crippen LogP contribution is 2.23. The van der Waals surface area contributed by atoms with Crippen LogP contribution in [0.4, 0.5) is 5.69 Å². The largest absolute Gasteiger partial charge is 0.550 e. The molecular weight excluding hydrogens is 328 g/mol. The molecule has 0 aliphatic carbocycles. The molecule has 132 valence electrons. The number of hydrogen-bond acceptors (Lipinski definition) is 6. The van der Waals surface area contributed by atoms with Crippen LogP contribution in [-0.2, 0) is 14.4 Å². The number of aromatic carboxylic acids is 1. The van der Waals surface area contributed by atoms with Crippen molar-refractivity contribution in [2.24, 2.45) is 5.92 Å². The zero-order valence-electron chi connectivity index (χ0n) is 13.4. The molecule has 1 aromatic rings. The number of amides is 2. The molecule has 2 aliphatic rings. The van der Waals surface area contributed by atoms with Crippen LogP contribution in [0.1, 0.15) is 29.6 Å². The molecule has 2 amide bonds. The standard InChI is InChI=1S/C17H18N2O6/c20-14-9-13(18-7-5-11(6-8-18)17(24)25)15(21)19(14)12-3-1-10(2-4-12)16(22)23/h1-4,11,13H,5-9H2,(H,22,23)(H,24,25)/p-1/t13-/m0/s1. The van der Waals surface area contributed by atoms with Gasteiger partial charge in [0.25, 0.3) is 5.91 Å². The van der Waals surface area contributed by atoms with Gasteiger partial charge >= 0.3 is 0 Å². The van der Waals surface area contributed by atoms with Crippen LogP contribution in [-0.4, -0.2) is 42.9 Å². The normalized spacial score (nSPS) is 26.7. The summed E-state index contributed by atoms with van der Waals surface area (Å²) in [4.78, 5) is 48.6. The van der Waals surface area contributed by atoms with Crippen LogP contribution in [0.15, 0.2) is 24.3 Å². The number of imide groups is 1. The number of likely N-dealkylation sites (tertiary alicyclic amines) is 1. The van der Waals surface area contributed by atoms with Crippen molar-refractivity contribution in [3.05, 3.63) is 29.8 Å². The second-order valence-corrected chi connectivity index (χ2v) is 6.41. The molecular formula is C17H17N2O6-. The van der Waals surface area contributed by atoms with E-state index >= 15 is 0 Å². The fraction of sp³-hybridized carbons (Fsp3) is 0.412. The van der Waals surface area contributed by atoms with E-state index in [-0.39, 0.29) is 23.8 Å². The minimum absolute atomic E-state index is 0.0330. The highest BCUT2D eigenvalue weighted by atomic mass is 16.4. The first-order valence-corrected chi connectivity index (χ1v) is 8.12. The molecule has 25 heavy (non-hydrogen) atoms. The molecule has 0 spiro atoms. The highest BCUT2D eigenvalue weighted by Gasteiger charge is 2.46. The fourth-order valence-corrected chi connectivity index (χ4v) is 3.54. The Morgan fingerprint density at radius 3 is 2.16 bits per heavy atom. The van der Waals surface area contributed by atoms with Crippen LogP contribution >= 0.6 is 0 Å². The number of piperidine rings is 1. The van der Waals surface area contributed by atoms with Gasteiger partial charge in [-0.05, 0) is 17.7 Å². The molecule has 1 atom stereocenters. The summed E-state index contributed by atoms with van der Waals surface area (Å²) < 4.78 is 0. The molecule has 0 bridgehead atoms. The summed E-state index contributed by atoms with van der Waals surface area (Å²) in [6.07, 6.45) is 0.915. The first-order valence-electron chi connectivity index (χ1n) is 8.12. The van der Waals surface area contributed by atoms with Crippen LogP contribution < -0.4 is 20.0 Å². The summed E-state index contributed by atoms with van der Waals surface area (Å²) in [5, 5.41) is 21.7. The fourth-order valence-electron chi connectivity index (χ4n) is 3.54. The molecule has 0 radical (unpaired) electrons. The summed E-state index contributed by atoms with van der Waals surface area (Å²) in [6.45, 7) is 1.000. The summed E-state index contributed by atoms with van der Waals surface area (Å²) in [6, 6.07) is 4.85. The van der Waals surface area contributed by atoms with Gasteiger partial charge in [0, 0.05) is 24.7 Å². The van der Waals surface area contributed by atoms with E-state index in [2.05, 4.69) is 0 Å². The first-order chi connectivity index (χ1) is 11.9. The minimum Gasteiger partial charge on any atom is -0.550 e. The van der Waals surface area contributed by atoms with Gasteiger partial charge in [0.2, 0.25) is 5.91 Å². The molecule has 2 aliphatic heterocycles. The number of carboxylic acids is 2. The maximum atomic E-state index is 12.7. The number of benzene rings is 1. The van der Waals surface area contributed by atoms with Gasteiger partial charge < -0.3 is 24.7 Å². The number of carbonyl (C=O) groups is 4. The van der Waals surface area contributed by atoms with E-state index in [0.29, 0.717) is 31.6 Å². The zero-order valence-corrected chi connectivity index (χ0v) is 13.4. The van der Waals surface area contributed by atoms with Crippen LogP contribution in [0.3, 0.4) is 0 Å². The van der Waals surface area contributed by atoms with Gasteiger partial charge in [-0.25, -0.2) is 4.90 Å². The van der Waals surface area contributed by atoms with E-state index in [4.69, 9.17) is 0 Å². The molecule has 2 saturated heterocycles. The number of nitrogens with zero attached hydrogens (tertiary/aromatic N) is 1. The van der Waals surface area contributed by atoms with Gasteiger partial charge in [0.1, 0.15) is 0 Å². The number of carbonyl (C=O) groups excluding carboxylic acids is 4. The number of rotatable bonds is 4. The highest BCUT2D eigenvalue weighted by molar-refractivity contribution is 6.21. The van der Waals surface area contributed by atoms with Crippen molar-refractivity contribution in [3.63, 3.8) is 0 Å². The minimum atomic E-state index is -1.33. The van der Waals surface area contributed by atoms with Crippen molar-refractivity contribution in [2.45, 2.75) is 25.3 Å². The second kappa shape index (κ2) is 6.64. The summed E-state index contributed by atoms with van der Waals surface area (Å²) >= 11 is 0. The van der Waals surface area contributed by atoms with Gasteiger partial charge in [-0.1, -0.05) is 12.1 Å². The van der Waals surface area contributed by atoms with Crippen LogP contribution in [0.25, 0.3) is 0 Å².